The van der Waals surface area contributed by atoms with Gasteiger partial charge in [-0.05, 0) is 98.6 Å². The summed E-state index contributed by atoms with van der Waals surface area (Å²) in [6, 6.07) is 16.9. The van der Waals surface area contributed by atoms with E-state index >= 15 is 0 Å². The lowest BCUT2D eigenvalue weighted by Crippen LogP contribution is -2.29. The lowest BCUT2D eigenvalue weighted by atomic mass is 9.87. The molecular formula is C27H26ClN5O. The van der Waals surface area contributed by atoms with Crippen molar-refractivity contribution in [3.05, 3.63) is 83.8 Å². The zero-order valence-electron chi connectivity index (χ0n) is 19.0. The summed E-state index contributed by atoms with van der Waals surface area (Å²) >= 11 is 6.47. The minimum atomic E-state index is -0.322. The van der Waals surface area contributed by atoms with Crippen molar-refractivity contribution in [3.63, 3.8) is 0 Å². The fraction of sp³-hybridized carbons (Fsp3) is 0.222. The van der Waals surface area contributed by atoms with E-state index in [1.54, 1.807) is 18.5 Å². The second-order valence-corrected chi connectivity index (χ2v) is 9.13. The van der Waals surface area contributed by atoms with E-state index in [2.05, 4.69) is 38.6 Å². The molecule has 0 unspecified atom stereocenters. The number of rotatable bonds is 4. The van der Waals surface area contributed by atoms with Crippen molar-refractivity contribution >= 4 is 39.9 Å². The average molecular weight is 472 g/mol. The molecule has 0 radical (unpaired) electrons. The summed E-state index contributed by atoms with van der Waals surface area (Å²) in [4.78, 5) is 23.6. The molecule has 1 aliphatic rings. The second kappa shape index (κ2) is 9.79. The number of amides is 2. The summed E-state index contributed by atoms with van der Waals surface area (Å²) in [5.41, 5.74) is 5.46. The number of likely N-dealkylation sites (tertiary alicyclic amines) is 1. The number of piperidine rings is 1. The molecule has 0 aliphatic carbocycles. The summed E-state index contributed by atoms with van der Waals surface area (Å²) in [5.74, 6) is 0.506. The minimum absolute atomic E-state index is 0.322. The third-order valence-electron chi connectivity index (χ3n) is 6.41. The third kappa shape index (κ3) is 4.88. The SMILES string of the molecule is CN1CCC(c2ccnc3ccc(NC(=O)Nc4ccc(-c5ccncc5)c(Cl)c4)cc23)CC1. The molecule has 0 saturated carbocycles. The van der Waals surface area contributed by atoms with Gasteiger partial charge in [-0.15, -0.1) is 0 Å². The van der Waals surface area contributed by atoms with E-state index < -0.39 is 0 Å². The van der Waals surface area contributed by atoms with Crippen molar-refractivity contribution in [3.8, 4) is 11.1 Å². The summed E-state index contributed by atoms with van der Waals surface area (Å²) in [5, 5.41) is 7.48. The van der Waals surface area contributed by atoms with Crippen molar-refractivity contribution < 1.29 is 4.79 Å². The molecule has 2 aromatic carbocycles. The molecule has 2 aromatic heterocycles. The van der Waals surface area contributed by atoms with Gasteiger partial charge in [0.15, 0.2) is 0 Å². The molecule has 172 valence electrons. The number of aromatic nitrogens is 2. The highest BCUT2D eigenvalue weighted by Crippen LogP contribution is 2.33. The number of carbonyl (C=O) groups excluding carboxylic acids is 1. The number of carbonyl (C=O) groups is 1. The number of hydrogen-bond donors (Lipinski definition) is 2. The zero-order chi connectivity index (χ0) is 23.5. The fourth-order valence-corrected chi connectivity index (χ4v) is 4.86. The molecule has 0 spiro atoms. The van der Waals surface area contributed by atoms with Crippen LogP contribution in [0.15, 0.2) is 73.2 Å². The van der Waals surface area contributed by atoms with Crippen molar-refractivity contribution in [1.29, 1.82) is 0 Å². The van der Waals surface area contributed by atoms with Gasteiger partial charge in [-0.2, -0.15) is 0 Å². The lowest BCUT2D eigenvalue weighted by Gasteiger charge is -2.29. The maximum absolute atomic E-state index is 12.7. The number of hydrogen-bond acceptors (Lipinski definition) is 4. The van der Waals surface area contributed by atoms with Gasteiger partial charge >= 0.3 is 6.03 Å². The molecule has 2 N–H and O–H groups in total. The molecule has 6 nitrogen and oxygen atoms in total. The van der Waals surface area contributed by atoms with Crippen LogP contribution in [0.1, 0.15) is 24.3 Å². The van der Waals surface area contributed by atoms with Gasteiger partial charge in [-0.1, -0.05) is 17.7 Å². The van der Waals surface area contributed by atoms with Crippen LogP contribution in [0.3, 0.4) is 0 Å². The predicted molar refractivity (Wildman–Crippen MR) is 139 cm³/mol. The number of halogens is 1. The molecule has 0 atom stereocenters. The first-order valence-electron chi connectivity index (χ1n) is 11.4. The van der Waals surface area contributed by atoms with Crippen molar-refractivity contribution in [2.75, 3.05) is 30.8 Å². The molecule has 3 heterocycles. The number of anilines is 2. The van der Waals surface area contributed by atoms with Gasteiger partial charge in [-0.25, -0.2) is 4.79 Å². The third-order valence-corrected chi connectivity index (χ3v) is 6.72. The second-order valence-electron chi connectivity index (χ2n) is 8.72. The van der Waals surface area contributed by atoms with Gasteiger partial charge in [0.05, 0.1) is 10.5 Å². The summed E-state index contributed by atoms with van der Waals surface area (Å²) in [6.45, 7) is 2.19. The lowest BCUT2D eigenvalue weighted by molar-refractivity contribution is 0.256. The van der Waals surface area contributed by atoms with Crippen LogP contribution < -0.4 is 10.6 Å². The van der Waals surface area contributed by atoms with E-state index in [9.17, 15) is 4.79 Å². The summed E-state index contributed by atoms with van der Waals surface area (Å²) in [6.07, 6.45) is 7.59. The van der Waals surface area contributed by atoms with Gasteiger partial charge in [0.1, 0.15) is 0 Å². The van der Waals surface area contributed by atoms with Crippen LogP contribution >= 0.6 is 11.6 Å². The molecule has 4 aromatic rings. The summed E-state index contributed by atoms with van der Waals surface area (Å²) < 4.78 is 0. The topological polar surface area (TPSA) is 70.2 Å². The number of nitrogens with one attached hydrogen (secondary N) is 2. The smallest absolute Gasteiger partial charge is 0.308 e. The summed E-state index contributed by atoms with van der Waals surface area (Å²) in [7, 11) is 2.17. The van der Waals surface area contributed by atoms with Gasteiger partial charge in [0, 0.05) is 40.9 Å². The van der Waals surface area contributed by atoms with E-state index in [1.807, 2.05) is 48.7 Å². The Labute approximate surface area is 204 Å². The maximum Gasteiger partial charge on any atom is 0.323 e. The standard InChI is InChI=1S/C27H26ClN5O/c1-33-14-9-19(10-15-33)22-8-13-30-26-5-3-20(16-24(22)26)31-27(34)32-21-2-4-23(25(28)17-21)18-6-11-29-12-7-18/h2-8,11-13,16-17,19H,9-10,14-15H2,1H3,(H2,31,32,34). The number of benzene rings is 2. The first kappa shape index (κ1) is 22.3. The van der Waals surface area contributed by atoms with Crippen LogP contribution in [-0.4, -0.2) is 41.0 Å². The Morgan fingerprint density at radius 2 is 1.65 bits per heavy atom. The zero-order valence-corrected chi connectivity index (χ0v) is 19.7. The van der Waals surface area contributed by atoms with Crippen molar-refractivity contribution in [1.82, 2.24) is 14.9 Å². The minimum Gasteiger partial charge on any atom is -0.308 e. The Kier molecular flexibility index (Phi) is 6.43. The molecule has 34 heavy (non-hydrogen) atoms. The molecule has 1 fully saturated rings. The van der Waals surface area contributed by atoms with Crippen LogP contribution in [0, 0.1) is 0 Å². The van der Waals surface area contributed by atoms with E-state index in [4.69, 9.17) is 11.6 Å². The molecule has 1 saturated heterocycles. The van der Waals surface area contributed by atoms with Crippen LogP contribution in [0.4, 0.5) is 16.2 Å². The van der Waals surface area contributed by atoms with E-state index in [-0.39, 0.29) is 6.03 Å². The van der Waals surface area contributed by atoms with Gasteiger partial charge in [0.25, 0.3) is 0 Å². The van der Waals surface area contributed by atoms with Crippen molar-refractivity contribution in [2.45, 2.75) is 18.8 Å². The Hall–Kier alpha value is -3.48. The van der Waals surface area contributed by atoms with Gasteiger partial charge < -0.3 is 15.5 Å². The fourth-order valence-electron chi connectivity index (χ4n) is 4.57. The Bertz CT molecular complexity index is 1320. The van der Waals surface area contributed by atoms with Crippen LogP contribution in [-0.2, 0) is 0 Å². The van der Waals surface area contributed by atoms with Gasteiger partial charge in [0.2, 0.25) is 0 Å². The van der Waals surface area contributed by atoms with E-state index in [0.717, 1.165) is 53.6 Å². The molecule has 1 aliphatic heterocycles. The molecule has 5 rings (SSSR count). The molecule has 0 bridgehead atoms. The van der Waals surface area contributed by atoms with E-state index in [0.29, 0.717) is 16.6 Å². The normalized spacial score (nSPS) is 14.8. The Morgan fingerprint density at radius 3 is 2.38 bits per heavy atom. The molecule has 2 amide bonds. The number of urea groups is 1. The quantitative estimate of drug-likeness (QED) is 0.361. The largest absolute Gasteiger partial charge is 0.323 e. The monoisotopic (exact) mass is 471 g/mol. The highest BCUT2D eigenvalue weighted by molar-refractivity contribution is 6.33. The maximum atomic E-state index is 12.7. The molecular weight excluding hydrogens is 446 g/mol. The van der Waals surface area contributed by atoms with Crippen LogP contribution in [0.5, 0.6) is 0 Å². The Balaban J connectivity index is 1.32. The first-order valence-corrected chi connectivity index (χ1v) is 11.8. The number of nitrogens with zero attached hydrogens (tertiary/aromatic N) is 3. The number of pyridine rings is 2. The van der Waals surface area contributed by atoms with Crippen LogP contribution in [0.2, 0.25) is 5.02 Å². The number of fused-ring (bicyclic) bond motifs is 1. The highest BCUT2D eigenvalue weighted by atomic mass is 35.5. The van der Waals surface area contributed by atoms with Crippen molar-refractivity contribution in [2.24, 2.45) is 0 Å². The molecule has 7 heteroatoms. The first-order chi connectivity index (χ1) is 16.6. The predicted octanol–water partition coefficient (Wildman–Crippen LogP) is 6.40. The van der Waals surface area contributed by atoms with Crippen LogP contribution in [0.25, 0.3) is 22.0 Å². The van der Waals surface area contributed by atoms with E-state index in [1.165, 1.54) is 5.56 Å². The average Bonchev–Trinajstić information content (AvgIpc) is 2.85. The highest BCUT2D eigenvalue weighted by Gasteiger charge is 2.20. The Morgan fingerprint density at radius 1 is 0.941 bits per heavy atom. The van der Waals surface area contributed by atoms with Gasteiger partial charge in [-0.3, -0.25) is 9.97 Å².